The number of rotatable bonds is 57. The summed E-state index contributed by atoms with van der Waals surface area (Å²) < 4.78 is 22.9. The van der Waals surface area contributed by atoms with Crippen LogP contribution in [-0.4, -0.2) is 87.4 Å². The van der Waals surface area contributed by atoms with E-state index < -0.39 is 24.3 Å². The zero-order valence-corrected chi connectivity index (χ0v) is 53.0. The van der Waals surface area contributed by atoms with Gasteiger partial charge in [0.15, 0.2) is 6.10 Å². The molecule has 0 aliphatic rings. The number of carbonyl (C=O) groups is 3. The summed E-state index contributed by atoms with van der Waals surface area (Å²) in [5.74, 6) is -2.07. The third-order valence-electron chi connectivity index (χ3n) is 13.0. The molecule has 0 bridgehead atoms. The van der Waals surface area contributed by atoms with Gasteiger partial charge in [-0.2, -0.15) is 0 Å². The molecule has 0 heterocycles. The van der Waals surface area contributed by atoms with Crippen LogP contribution in [0.3, 0.4) is 0 Å². The van der Waals surface area contributed by atoms with Gasteiger partial charge in [0.2, 0.25) is 0 Å². The highest BCUT2D eigenvalue weighted by molar-refractivity contribution is 5.71. The number of carboxylic acid groups (broad SMARTS) is 1. The lowest BCUT2D eigenvalue weighted by molar-refractivity contribution is -0.870. The molecule has 466 valence electrons. The number of esters is 2. The lowest BCUT2D eigenvalue weighted by atomic mass is 10.1. The van der Waals surface area contributed by atoms with E-state index in [4.69, 9.17) is 18.9 Å². The Kier molecular flexibility index (Phi) is 58.6. The Morgan fingerprint density at radius 1 is 0.361 bits per heavy atom. The number of quaternary nitrogens is 1. The monoisotopic (exact) mass is 1150 g/mol. The topological polar surface area (TPSA) is 108 Å². The second kappa shape index (κ2) is 62.7. The van der Waals surface area contributed by atoms with Crippen LogP contribution in [-0.2, 0) is 33.3 Å². The summed E-state index contributed by atoms with van der Waals surface area (Å²) >= 11 is 0. The fraction of sp³-hybridized carbons (Fsp3) is 0.581. The van der Waals surface area contributed by atoms with Crippen molar-refractivity contribution in [3.63, 3.8) is 0 Å². The highest BCUT2D eigenvalue weighted by Crippen LogP contribution is 2.14. The minimum Gasteiger partial charge on any atom is -0.477 e. The number of unbranched alkanes of at least 4 members (excludes halogenated alkanes) is 14. The first-order valence-electron chi connectivity index (χ1n) is 32.3. The first kappa shape index (κ1) is 77.7. The maximum atomic E-state index is 12.9. The normalized spacial score (nSPS) is 13.9. The first-order valence-corrected chi connectivity index (χ1v) is 32.3. The molecule has 2 atom stereocenters. The summed E-state index contributed by atoms with van der Waals surface area (Å²) in [5.41, 5.74) is 0. The van der Waals surface area contributed by atoms with Crippen molar-refractivity contribution in [1.82, 2.24) is 0 Å². The van der Waals surface area contributed by atoms with Gasteiger partial charge in [-0.15, -0.1) is 0 Å². The summed E-state index contributed by atoms with van der Waals surface area (Å²) in [4.78, 5) is 37.5. The highest BCUT2D eigenvalue weighted by Gasteiger charge is 2.25. The second-order valence-corrected chi connectivity index (χ2v) is 22.0. The number of nitrogens with zero attached hydrogens (tertiary/aromatic N) is 1. The van der Waals surface area contributed by atoms with Gasteiger partial charge in [-0.25, -0.2) is 4.79 Å². The van der Waals surface area contributed by atoms with Crippen LogP contribution in [0.15, 0.2) is 170 Å². The van der Waals surface area contributed by atoms with Crippen LogP contribution in [0.2, 0.25) is 0 Å². The van der Waals surface area contributed by atoms with Crippen molar-refractivity contribution in [2.24, 2.45) is 0 Å². The SMILES string of the molecule is CC/C=C\C/C=C\C/C=C\C/C=C\C/C=C\C/C=C\C/C=C\C/C=C\C/C=C\C/C=C\CCCCCCC(=O)OC(COC(=O)CCCCCCCCCCCC/C=C\C/C=C\C/C=C\C/C=C\CC)COC(OCC[N+](C)(C)C)C(=O)O. The lowest BCUT2D eigenvalue weighted by Crippen LogP contribution is -2.40. The van der Waals surface area contributed by atoms with E-state index in [9.17, 15) is 19.5 Å². The quantitative estimate of drug-likeness (QED) is 0.0211. The van der Waals surface area contributed by atoms with Gasteiger partial charge in [-0.1, -0.05) is 248 Å². The van der Waals surface area contributed by atoms with Crippen molar-refractivity contribution in [1.29, 1.82) is 0 Å². The van der Waals surface area contributed by atoms with Crippen LogP contribution in [0.1, 0.15) is 219 Å². The van der Waals surface area contributed by atoms with Gasteiger partial charge >= 0.3 is 17.9 Å². The molecule has 0 saturated carbocycles. The van der Waals surface area contributed by atoms with Crippen molar-refractivity contribution in [3.8, 4) is 0 Å². The fourth-order valence-electron chi connectivity index (χ4n) is 8.09. The molecule has 83 heavy (non-hydrogen) atoms. The van der Waals surface area contributed by atoms with Gasteiger partial charge in [0, 0.05) is 12.8 Å². The Labute approximate surface area is 507 Å². The number of aliphatic carboxylic acids is 1. The summed E-state index contributed by atoms with van der Waals surface area (Å²) in [5, 5.41) is 9.73. The molecule has 0 amide bonds. The molecular weight excluding hydrogens is 1030 g/mol. The Balaban J connectivity index is 4.31. The number of hydrogen-bond acceptors (Lipinski definition) is 7. The van der Waals surface area contributed by atoms with Crippen molar-refractivity contribution in [2.45, 2.75) is 232 Å². The number of carbonyl (C=O) groups excluding carboxylic acids is 2. The summed E-state index contributed by atoms with van der Waals surface area (Å²) in [7, 11) is 5.95. The Morgan fingerprint density at radius 2 is 0.651 bits per heavy atom. The molecule has 0 fully saturated rings. The average Bonchev–Trinajstić information content (AvgIpc) is 3.46. The van der Waals surface area contributed by atoms with Crippen LogP contribution in [0.5, 0.6) is 0 Å². The third-order valence-corrected chi connectivity index (χ3v) is 13.0. The molecule has 9 nitrogen and oxygen atoms in total. The number of ether oxygens (including phenoxy) is 4. The van der Waals surface area contributed by atoms with E-state index in [1.165, 1.54) is 38.5 Å². The van der Waals surface area contributed by atoms with E-state index in [0.29, 0.717) is 17.4 Å². The Morgan fingerprint density at radius 3 is 0.964 bits per heavy atom. The summed E-state index contributed by atoms with van der Waals surface area (Å²) in [6.45, 7) is 4.59. The maximum absolute atomic E-state index is 12.9. The van der Waals surface area contributed by atoms with E-state index in [1.54, 1.807) is 0 Å². The molecule has 0 rings (SSSR count). The largest absolute Gasteiger partial charge is 0.477 e. The van der Waals surface area contributed by atoms with E-state index >= 15 is 0 Å². The van der Waals surface area contributed by atoms with Crippen LogP contribution in [0, 0.1) is 0 Å². The number of hydrogen-bond donors (Lipinski definition) is 1. The summed E-state index contributed by atoms with van der Waals surface area (Å²) in [6.07, 6.45) is 91.5. The lowest BCUT2D eigenvalue weighted by Gasteiger charge is -2.25. The molecule has 0 radical (unpaired) electrons. The zero-order valence-electron chi connectivity index (χ0n) is 53.0. The fourth-order valence-corrected chi connectivity index (χ4v) is 8.09. The molecule has 0 spiro atoms. The molecule has 1 N–H and O–H groups in total. The predicted molar refractivity (Wildman–Crippen MR) is 354 cm³/mol. The molecule has 0 aromatic heterocycles. The van der Waals surface area contributed by atoms with Gasteiger partial charge in [0.25, 0.3) is 6.29 Å². The van der Waals surface area contributed by atoms with Crippen LogP contribution in [0.4, 0.5) is 0 Å². The van der Waals surface area contributed by atoms with E-state index in [2.05, 4.69) is 184 Å². The number of allylic oxidation sites excluding steroid dienone is 28. The standard InChI is InChI=1S/C74H117NO8/c1-6-8-10-12-14-16-18-20-22-24-26-28-30-31-32-33-34-35-36-37-38-39-40-41-43-45-47-49-51-53-55-57-59-61-63-65-72(77)83-70(69-82-74(73(78)79)80-67-66-75(3,4)5)68-81-71(76)64-62-60-58-56-54-52-50-48-46-44-42-29-27-25-23-21-19-17-15-13-11-9-7-2/h8-11,14-17,20-23,26-29,31-32,34-35,37-38,40-41,45,47,51,53,70,74H,6-7,12-13,18-19,24-25,30,33,36,39,42-44,46,48-50,52,54-69H2,1-5H3/p+1/b10-8-,11-9-,16-14-,17-15-,22-20-,23-21-,28-26-,29-27-,32-31-,35-34-,38-37-,41-40-,47-45-,53-51-. The maximum Gasteiger partial charge on any atom is 0.361 e. The average molecular weight is 1150 g/mol. The Bertz CT molecular complexity index is 1960. The molecule has 2 unspecified atom stereocenters. The van der Waals surface area contributed by atoms with E-state index in [0.717, 1.165) is 148 Å². The van der Waals surface area contributed by atoms with Gasteiger partial charge in [0.05, 0.1) is 34.4 Å². The minimum atomic E-state index is -1.53. The number of likely N-dealkylation sites (N-methyl/N-ethyl adjacent to an activating group) is 1. The van der Waals surface area contributed by atoms with E-state index in [-0.39, 0.29) is 38.6 Å². The molecule has 0 saturated heterocycles. The summed E-state index contributed by atoms with van der Waals surface area (Å²) in [6, 6.07) is 0. The van der Waals surface area contributed by atoms with Gasteiger partial charge in [-0.05, 0) is 128 Å². The van der Waals surface area contributed by atoms with Crippen molar-refractivity contribution in [2.75, 3.05) is 47.5 Å². The van der Waals surface area contributed by atoms with Gasteiger partial charge < -0.3 is 28.5 Å². The number of carboxylic acids is 1. The molecule has 0 aliphatic carbocycles. The smallest absolute Gasteiger partial charge is 0.361 e. The van der Waals surface area contributed by atoms with Crippen molar-refractivity contribution < 1.29 is 42.9 Å². The van der Waals surface area contributed by atoms with Crippen molar-refractivity contribution in [3.05, 3.63) is 170 Å². The molecule has 0 aromatic carbocycles. The van der Waals surface area contributed by atoms with Crippen molar-refractivity contribution >= 4 is 17.9 Å². The first-order chi connectivity index (χ1) is 40.6. The molecule has 0 aliphatic heterocycles. The van der Waals surface area contributed by atoms with Crippen LogP contribution in [0.25, 0.3) is 0 Å². The van der Waals surface area contributed by atoms with Crippen LogP contribution >= 0.6 is 0 Å². The minimum absolute atomic E-state index is 0.172. The highest BCUT2D eigenvalue weighted by atomic mass is 16.7. The Hall–Kier alpha value is -5.35. The van der Waals surface area contributed by atoms with Crippen LogP contribution < -0.4 is 0 Å². The second-order valence-electron chi connectivity index (χ2n) is 22.0. The predicted octanol–water partition coefficient (Wildman–Crippen LogP) is 19.9. The third kappa shape index (κ3) is 64.1. The van der Waals surface area contributed by atoms with Gasteiger partial charge in [-0.3, -0.25) is 9.59 Å². The van der Waals surface area contributed by atoms with Gasteiger partial charge in [0.1, 0.15) is 13.2 Å². The molecule has 0 aromatic rings. The molecule has 9 heteroatoms. The molecular formula is C74H118NO8+. The van der Waals surface area contributed by atoms with E-state index in [1.807, 2.05) is 21.1 Å². The zero-order chi connectivity index (χ0) is 60.5.